The van der Waals surface area contributed by atoms with Crippen molar-refractivity contribution < 1.29 is 14.1 Å². The first-order valence-corrected chi connectivity index (χ1v) is 6.43. The van der Waals surface area contributed by atoms with E-state index in [9.17, 15) is 19.3 Å². The average molecular weight is 311 g/mol. The summed E-state index contributed by atoms with van der Waals surface area (Å²) in [5, 5.41) is 22.1. The van der Waals surface area contributed by atoms with Gasteiger partial charge < -0.3 is 5.32 Å². The van der Waals surface area contributed by atoms with Gasteiger partial charge in [-0.15, -0.1) is 0 Å². The lowest BCUT2D eigenvalue weighted by Gasteiger charge is -2.04. The quantitative estimate of drug-likeness (QED) is 0.405. The average Bonchev–Trinajstić information content (AvgIpc) is 2.55. The molecule has 0 radical (unpaired) electrons. The predicted octanol–water partition coefficient (Wildman–Crippen LogP) is 3.28. The zero-order valence-electron chi connectivity index (χ0n) is 11.7. The molecule has 0 aliphatic carbocycles. The highest BCUT2D eigenvalue weighted by molar-refractivity contribution is 6.09. The number of nitriles is 1. The second-order valence-electron chi connectivity index (χ2n) is 4.48. The van der Waals surface area contributed by atoms with E-state index in [1.807, 2.05) is 0 Å². The lowest BCUT2D eigenvalue weighted by Crippen LogP contribution is -2.13. The highest BCUT2D eigenvalue weighted by Crippen LogP contribution is 2.15. The van der Waals surface area contributed by atoms with Crippen molar-refractivity contribution in [3.63, 3.8) is 0 Å². The standard InChI is InChI=1S/C16H10FN3O3/c17-13-3-5-14(6-4-13)19-16(21)12(10-18)9-11-1-7-15(8-2-11)20(22)23/h1-9H,(H,19,21)/b12-9+. The number of nitrogens with one attached hydrogen (secondary N) is 1. The molecule has 0 bridgehead atoms. The number of nitro groups is 1. The molecule has 114 valence electrons. The summed E-state index contributed by atoms with van der Waals surface area (Å²) in [6.45, 7) is 0. The number of amides is 1. The van der Waals surface area contributed by atoms with E-state index in [1.165, 1.54) is 54.6 Å². The van der Waals surface area contributed by atoms with Crippen molar-refractivity contribution in [1.82, 2.24) is 0 Å². The van der Waals surface area contributed by atoms with Crippen LogP contribution in [0.3, 0.4) is 0 Å². The molecule has 2 rings (SSSR count). The molecule has 0 aromatic heterocycles. The van der Waals surface area contributed by atoms with Crippen LogP contribution < -0.4 is 5.32 Å². The number of benzene rings is 2. The first kappa shape index (κ1) is 15.9. The van der Waals surface area contributed by atoms with Gasteiger partial charge in [-0.05, 0) is 48.0 Å². The normalized spacial score (nSPS) is 10.7. The molecule has 0 atom stereocenters. The number of non-ortho nitro benzene ring substituents is 1. The maximum absolute atomic E-state index is 12.8. The monoisotopic (exact) mass is 311 g/mol. The highest BCUT2D eigenvalue weighted by atomic mass is 19.1. The van der Waals surface area contributed by atoms with Crippen molar-refractivity contribution in [2.45, 2.75) is 0 Å². The molecule has 1 N–H and O–H groups in total. The largest absolute Gasteiger partial charge is 0.321 e. The maximum Gasteiger partial charge on any atom is 0.269 e. The zero-order valence-corrected chi connectivity index (χ0v) is 11.7. The van der Waals surface area contributed by atoms with Crippen molar-refractivity contribution in [3.8, 4) is 6.07 Å². The molecule has 0 aliphatic rings. The number of carbonyl (C=O) groups excluding carboxylic acids is 1. The Balaban J connectivity index is 2.17. The Labute approximate surface area is 130 Å². The van der Waals surface area contributed by atoms with Crippen LogP contribution in [0, 0.1) is 27.3 Å². The lowest BCUT2D eigenvalue weighted by molar-refractivity contribution is -0.384. The number of anilines is 1. The van der Waals surface area contributed by atoms with Crippen LogP contribution in [-0.2, 0) is 4.79 Å². The number of halogens is 1. The lowest BCUT2D eigenvalue weighted by atomic mass is 10.1. The van der Waals surface area contributed by atoms with E-state index >= 15 is 0 Å². The summed E-state index contributed by atoms with van der Waals surface area (Å²) in [6.07, 6.45) is 1.31. The summed E-state index contributed by atoms with van der Waals surface area (Å²) in [6, 6.07) is 12.3. The van der Waals surface area contributed by atoms with E-state index in [0.717, 1.165) is 0 Å². The molecule has 7 heteroatoms. The Morgan fingerprint density at radius 2 is 1.78 bits per heavy atom. The van der Waals surface area contributed by atoms with Gasteiger partial charge in [-0.2, -0.15) is 5.26 Å². The van der Waals surface area contributed by atoms with Crippen LogP contribution in [0.1, 0.15) is 5.56 Å². The minimum atomic E-state index is -0.655. The van der Waals surface area contributed by atoms with E-state index < -0.39 is 16.6 Å². The van der Waals surface area contributed by atoms with Gasteiger partial charge in [0.25, 0.3) is 11.6 Å². The van der Waals surface area contributed by atoms with Gasteiger partial charge in [-0.3, -0.25) is 14.9 Å². The minimum Gasteiger partial charge on any atom is -0.321 e. The van der Waals surface area contributed by atoms with Gasteiger partial charge in [0, 0.05) is 17.8 Å². The summed E-state index contributed by atoms with van der Waals surface area (Å²) >= 11 is 0. The van der Waals surface area contributed by atoms with Crippen molar-refractivity contribution in [1.29, 1.82) is 5.26 Å². The molecular weight excluding hydrogens is 301 g/mol. The predicted molar refractivity (Wildman–Crippen MR) is 81.7 cm³/mol. The fourth-order valence-corrected chi connectivity index (χ4v) is 1.74. The Kier molecular flexibility index (Phi) is 4.79. The van der Waals surface area contributed by atoms with Crippen LogP contribution in [0.5, 0.6) is 0 Å². The number of hydrogen-bond acceptors (Lipinski definition) is 4. The molecule has 6 nitrogen and oxygen atoms in total. The molecule has 1 amide bonds. The first-order chi connectivity index (χ1) is 11.0. The molecule has 0 aliphatic heterocycles. The number of nitrogens with zero attached hydrogens (tertiary/aromatic N) is 2. The maximum atomic E-state index is 12.8. The second kappa shape index (κ2) is 6.95. The van der Waals surface area contributed by atoms with E-state index in [-0.39, 0.29) is 11.3 Å². The Morgan fingerprint density at radius 1 is 1.17 bits per heavy atom. The Bertz CT molecular complexity index is 806. The third-order valence-corrected chi connectivity index (χ3v) is 2.88. The van der Waals surface area contributed by atoms with Crippen LogP contribution in [0.2, 0.25) is 0 Å². The van der Waals surface area contributed by atoms with Gasteiger partial charge in [-0.25, -0.2) is 4.39 Å². The fourth-order valence-electron chi connectivity index (χ4n) is 1.74. The zero-order chi connectivity index (χ0) is 16.8. The van der Waals surface area contributed by atoms with E-state index in [4.69, 9.17) is 5.26 Å². The van der Waals surface area contributed by atoms with Crippen LogP contribution >= 0.6 is 0 Å². The van der Waals surface area contributed by atoms with Gasteiger partial charge in [0.2, 0.25) is 0 Å². The molecular formula is C16H10FN3O3. The summed E-state index contributed by atoms with van der Waals surface area (Å²) < 4.78 is 12.8. The summed E-state index contributed by atoms with van der Waals surface area (Å²) in [7, 11) is 0. The number of nitro benzene ring substituents is 1. The van der Waals surface area contributed by atoms with Crippen LogP contribution in [0.15, 0.2) is 54.1 Å². The van der Waals surface area contributed by atoms with Crippen LogP contribution in [-0.4, -0.2) is 10.8 Å². The van der Waals surface area contributed by atoms with Gasteiger partial charge in [0.1, 0.15) is 17.5 Å². The number of carbonyl (C=O) groups is 1. The number of rotatable bonds is 4. The third kappa shape index (κ3) is 4.22. The topological polar surface area (TPSA) is 96.0 Å². The van der Waals surface area contributed by atoms with Crippen LogP contribution in [0.4, 0.5) is 15.8 Å². The number of hydrogen-bond donors (Lipinski definition) is 1. The van der Waals surface area contributed by atoms with Crippen LogP contribution in [0.25, 0.3) is 6.08 Å². The SMILES string of the molecule is N#C/C(=C\c1ccc([N+](=O)[O-])cc1)C(=O)Nc1ccc(F)cc1. The van der Waals surface area contributed by atoms with Crippen molar-refractivity contribution in [2.24, 2.45) is 0 Å². The van der Waals surface area contributed by atoms with Crippen molar-refractivity contribution in [3.05, 3.63) is 75.6 Å². The van der Waals surface area contributed by atoms with Gasteiger partial charge in [0.05, 0.1) is 4.92 Å². The highest BCUT2D eigenvalue weighted by Gasteiger charge is 2.10. The molecule has 2 aromatic carbocycles. The van der Waals surface area contributed by atoms with Gasteiger partial charge >= 0.3 is 0 Å². The Hall–Kier alpha value is -3.53. The van der Waals surface area contributed by atoms with E-state index in [0.29, 0.717) is 11.3 Å². The molecule has 23 heavy (non-hydrogen) atoms. The smallest absolute Gasteiger partial charge is 0.269 e. The van der Waals surface area contributed by atoms with E-state index in [1.54, 1.807) is 6.07 Å². The third-order valence-electron chi connectivity index (χ3n) is 2.88. The molecule has 0 spiro atoms. The molecule has 0 saturated heterocycles. The van der Waals surface area contributed by atoms with Crippen molar-refractivity contribution in [2.75, 3.05) is 5.32 Å². The molecule has 0 unspecified atom stereocenters. The van der Waals surface area contributed by atoms with Gasteiger partial charge in [0.15, 0.2) is 0 Å². The summed E-state index contributed by atoms with van der Waals surface area (Å²) in [5.74, 6) is -1.10. The molecule has 0 heterocycles. The van der Waals surface area contributed by atoms with E-state index in [2.05, 4.69) is 5.32 Å². The first-order valence-electron chi connectivity index (χ1n) is 6.43. The minimum absolute atomic E-state index is 0.0866. The second-order valence-corrected chi connectivity index (χ2v) is 4.48. The summed E-state index contributed by atoms with van der Waals surface area (Å²) in [4.78, 5) is 22.0. The fraction of sp³-hybridized carbons (Fsp3) is 0. The Morgan fingerprint density at radius 3 is 2.30 bits per heavy atom. The van der Waals surface area contributed by atoms with Gasteiger partial charge in [-0.1, -0.05) is 0 Å². The molecule has 0 saturated carbocycles. The summed E-state index contributed by atoms with van der Waals surface area (Å²) in [5.41, 5.74) is 0.558. The molecule has 0 fully saturated rings. The van der Waals surface area contributed by atoms with Crippen molar-refractivity contribution >= 4 is 23.4 Å². The molecule has 2 aromatic rings.